The number of hydrogen-bond acceptors (Lipinski definition) is 7. The second kappa shape index (κ2) is 12.2. The van der Waals surface area contributed by atoms with Crippen LogP contribution in [0.15, 0.2) is 65.8 Å². The van der Waals surface area contributed by atoms with E-state index >= 15 is 0 Å². The van der Waals surface area contributed by atoms with Gasteiger partial charge < -0.3 is 18.9 Å². The Kier molecular flexibility index (Phi) is 8.83. The number of esters is 1. The van der Waals surface area contributed by atoms with Crippen molar-refractivity contribution in [3.8, 4) is 23.0 Å². The van der Waals surface area contributed by atoms with Crippen LogP contribution in [-0.4, -0.2) is 38.4 Å². The highest BCUT2D eigenvalue weighted by molar-refractivity contribution is 5.92. The van der Waals surface area contributed by atoms with Crippen LogP contribution in [-0.2, 0) is 4.79 Å². The van der Waals surface area contributed by atoms with Crippen LogP contribution < -0.4 is 24.4 Å². The van der Waals surface area contributed by atoms with Gasteiger partial charge in [0.1, 0.15) is 11.5 Å². The van der Waals surface area contributed by atoms with Crippen molar-refractivity contribution in [3.05, 3.63) is 82.9 Å². The molecule has 3 aromatic rings. The van der Waals surface area contributed by atoms with Gasteiger partial charge in [-0.2, -0.15) is 5.10 Å². The Bertz CT molecular complexity index is 1200. The van der Waals surface area contributed by atoms with E-state index in [1.807, 2.05) is 39.0 Å². The number of rotatable bonds is 10. The summed E-state index contributed by atoms with van der Waals surface area (Å²) in [6.07, 6.45) is 1.45. The number of hydrazone groups is 1. The van der Waals surface area contributed by atoms with Gasteiger partial charge in [0.25, 0.3) is 5.91 Å². The highest BCUT2D eigenvalue weighted by atomic mass is 16.6. The molecule has 0 fully saturated rings. The smallest absolute Gasteiger partial charge is 0.343 e. The molecule has 0 atom stereocenters. The van der Waals surface area contributed by atoms with Crippen LogP contribution in [0.1, 0.15) is 34.0 Å². The van der Waals surface area contributed by atoms with Crippen molar-refractivity contribution in [1.29, 1.82) is 0 Å². The van der Waals surface area contributed by atoms with Crippen LogP contribution in [0.5, 0.6) is 23.0 Å². The Hall–Kier alpha value is -4.33. The molecule has 0 aliphatic carbocycles. The van der Waals surface area contributed by atoms with Crippen molar-refractivity contribution >= 4 is 18.1 Å². The third-order valence-electron chi connectivity index (χ3n) is 5.04. The molecule has 0 saturated heterocycles. The van der Waals surface area contributed by atoms with Gasteiger partial charge in [0, 0.05) is 0 Å². The van der Waals surface area contributed by atoms with Crippen LogP contribution in [0, 0.1) is 13.8 Å². The maximum atomic E-state index is 12.5. The van der Waals surface area contributed by atoms with E-state index in [2.05, 4.69) is 10.5 Å². The molecule has 0 saturated carbocycles. The third kappa shape index (κ3) is 7.33. The van der Waals surface area contributed by atoms with Gasteiger partial charge in [0.15, 0.2) is 18.1 Å². The summed E-state index contributed by atoms with van der Waals surface area (Å²) in [6, 6.07) is 17.2. The molecule has 0 radical (unpaired) electrons. The Morgan fingerprint density at radius 2 is 1.63 bits per heavy atom. The van der Waals surface area contributed by atoms with Crippen molar-refractivity contribution in [2.24, 2.45) is 5.10 Å². The molecule has 0 spiro atoms. The first-order chi connectivity index (χ1) is 16.9. The van der Waals surface area contributed by atoms with E-state index in [1.165, 1.54) is 13.3 Å². The van der Waals surface area contributed by atoms with Crippen LogP contribution >= 0.6 is 0 Å². The van der Waals surface area contributed by atoms with E-state index < -0.39 is 11.9 Å². The lowest BCUT2D eigenvalue weighted by molar-refractivity contribution is -0.123. The van der Waals surface area contributed by atoms with E-state index in [-0.39, 0.29) is 12.4 Å². The van der Waals surface area contributed by atoms with Crippen molar-refractivity contribution in [2.75, 3.05) is 20.3 Å². The van der Waals surface area contributed by atoms with Gasteiger partial charge in [-0.15, -0.1) is 0 Å². The zero-order valence-electron chi connectivity index (χ0n) is 20.2. The first-order valence-electron chi connectivity index (χ1n) is 11.0. The maximum absolute atomic E-state index is 12.5. The van der Waals surface area contributed by atoms with Gasteiger partial charge in [-0.25, -0.2) is 10.2 Å². The zero-order chi connectivity index (χ0) is 25.2. The van der Waals surface area contributed by atoms with Gasteiger partial charge in [0.2, 0.25) is 0 Å². The fourth-order valence-corrected chi connectivity index (χ4v) is 3.03. The summed E-state index contributed by atoms with van der Waals surface area (Å²) in [7, 11) is 1.47. The number of carbonyl (C=O) groups excluding carboxylic acids is 2. The monoisotopic (exact) mass is 476 g/mol. The maximum Gasteiger partial charge on any atom is 0.343 e. The molecular formula is C27H28N2O6. The van der Waals surface area contributed by atoms with Crippen molar-refractivity contribution < 1.29 is 28.5 Å². The Labute approximate surface area is 204 Å². The lowest BCUT2D eigenvalue weighted by atomic mass is 10.1. The predicted molar refractivity (Wildman–Crippen MR) is 133 cm³/mol. The molecule has 1 N–H and O–H groups in total. The van der Waals surface area contributed by atoms with E-state index in [0.717, 1.165) is 11.1 Å². The highest BCUT2D eigenvalue weighted by Gasteiger charge is 2.13. The van der Waals surface area contributed by atoms with E-state index in [0.29, 0.717) is 35.0 Å². The average Bonchev–Trinajstić information content (AvgIpc) is 2.86. The third-order valence-corrected chi connectivity index (χ3v) is 5.04. The summed E-state index contributed by atoms with van der Waals surface area (Å²) in [5, 5.41) is 3.94. The average molecular weight is 477 g/mol. The topological polar surface area (TPSA) is 95.5 Å². The SMILES string of the molecule is CCOc1ccc(C(=O)Oc2ccc(C=NNC(=O)COc3ccc(C)c(C)c3)cc2OC)cc1. The second-order valence-corrected chi connectivity index (χ2v) is 7.59. The first kappa shape index (κ1) is 25.3. The number of benzene rings is 3. The van der Waals surface area contributed by atoms with E-state index in [9.17, 15) is 9.59 Å². The predicted octanol–water partition coefficient (Wildman–Crippen LogP) is 4.46. The Balaban J connectivity index is 1.55. The van der Waals surface area contributed by atoms with Crippen molar-refractivity contribution in [3.63, 3.8) is 0 Å². The van der Waals surface area contributed by atoms with Gasteiger partial charge in [-0.05, 0) is 92.1 Å². The van der Waals surface area contributed by atoms with E-state index in [4.69, 9.17) is 18.9 Å². The summed E-state index contributed by atoms with van der Waals surface area (Å²) < 4.78 is 21.7. The van der Waals surface area contributed by atoms with Gasteiger partial charge in [-0.1, -0.05) is 6.07 Å². The number of amides is 1. The normalized spacial score (nSPS) is 10.6. The first-order valence-corrected chi connectivity index (χ1v) is 11.0. The summed E-state index contributed by atoms with van der Waals surface area (Å²) in [6.45, 7) is 6.25. The Morgan fingerprint density at radius 1 is 0.886 bits per heavy atom. The largest absolute Gasteiger partial charge is 0.494 e. The minimum absolute atomic E-state index is 0.163. The van der Waals surface area contributed by atoms with Crippen LogP contribution in [0.2, 0.25) is 0 Å². The molecule has 3 aromatic carbocycles. The number of hydrogen-bond donors (Lipinski definition) is 1. The molecule has 0 aromatic heterocycles. The summed E-state index contributed by atoms with van der Waals surface area (Å²) in [5.41, 5.74) is 5.67. The van der Waals surface area contributed by atoms with Gasteiger partial charge in [-0.3, -0.25) is 4.79 Å². The zero-order valence-corrected chi connectivity index (χ0v) is 20.2. The molecule has 35 heavy (non-hydrogen) atoms. The lowest BCUT2D eigenvalue weighted by Crippen LogP contribution is -2.24. The molecule has 0 heterocycles. The molecule has 0 aliphatic rings. The molecular weight excluding hydrogens is 448 g/mol. The number of aryl methyl sites for hydroxylation is 2. The molecule has 1 amide bonds. The molecule has 8 heteroatoms. The standard InChI is InChI=1S/C27H28N2O6/c1-5-33-22-11-8-21(9-12-22)27(31)35-24-13-7-20(15-25(24)32-4)16-28-29-26(30)17-34-23-10-6-18(2)19(3)14-23/h6-16H,5,17H2,1-4H3,(H,29,30). The summed E-state index contributed by atoms with van der Waals surface area (Å²) in [5.74, 6) is 0.977. The van der Waals surface area contributed by atoms with Crippen LogP contribution in [0.25, 0.3) is 0 Å². The molecule has 0 unspecified atom stereocenters. The lowest BCUT2D eigenvalue weighted by Gasteiger charge is -2.10. The Morgan fingerprint density at radius 3 is 2.31 bits per heavy atom. The van der Waals surface area contributed by atoms with Gasteiger partial charge in [0.05, 0.1) is 25.5 Å². The van der Waals surface area contributed by atoms with Crippen LogP contribution in [0.3, 0.4) is 0 Å². The number of nitrogens with one attached hydrogen (secondary N) is 1. The van der Waals surface area contributed by atoms with Crippen LogP contribution in [0.4, 0.5) is 0 Å². The minimum Gasteiger partial charge on any atom is -0.494 e. The molecule has 8 nitrogen and oxygen atoms in total. The number of nitrogens with zero attached hydrogens (tertiary/aromatic N) is 1. The minimum atomic E-state index is -0.524. The van der Waals surface area contributed by atoms with Gasteiger partial charge >= 0.3 is 5.97 Å². The summed E-state index contributed by atoms with van der Waals surface area (Å²) in [4.78, 5) is 24.5. The van der Waals surface area contributed by atoms with Crippen molar-refractivity contribution in [2.45, 2.75) is 20.8 Å². The quantitative estimate of drug-likeness (QED) is 0.201. The molecule has 3 rings (SSSR count). The number of ether oxygens (including phenoxy) is 4. The molecule has 0 bridgehead atoms. The molecule has 0 aliphatic heterocycles. The van der Waals surface area contributed by atoms with Crippen molar-refractivity contribution in [1.82, 2.24) is 5.43 Å². The fourth-order valence-electron chi connectivity index (χ4n) is 3.03. The second-order valence-electron chi connectivity index (χ2n) is 7.59. The number of carbonyl (C=O) groups is 2. The fraction of sp³-hybridized carbons (Fsp3) is 0.222. The highest BCUT2D eigenvalue weighted by Crippen LogP contribution is 2.28. The molecule has 182 valence electrons. The summed E-state index contributed by atoms with van der Waals surface area (Å²) >= 11 is 0. The number of methoxy groups -OCH3 is 1. The van der Waals surface area contributed by atoms with E-state index in [1.54, 1.807) is 42.5 Å².